The van der Waals surface area contributed by atoms with Crippen molar-refractivity contribution < 1.29 is 8.42 Å². The largest absolute Gasteiger partial charge is 0.226 e. The third kappa shape index (κ3) is 5.01. The van der Waals surface area contributed by atoms with Gasteiger partial charge in [0.15, 0.2) is 9.84 Å². The average Bonchev–Trinajstić information content (AvgIpc) is 2.41. The zero-order valence-corrected chi connectivity index (χ0v) is 15.4. The molecular weight excluding hydrogens is 332 g/mol. The minimum absolute atomic E-state index is 0.125. The van der Waals surface area contributed by atoms with E-state index in [1.165, 1.54) is 0 Å². The first-order valence-electron chi connectivity index (χ1n) is 7.36. The fourth-order valence-corrected chi connectivity index (χ4v) is 4.30. The first kappa shape index (κ1) is 17.9. The molecule has 0 bridgehead atoms. The smallest absolute Gasteiger partial charge is 0.222 e. The Labute approximate surface area is 142 Å². The van der Waals surface area contributed by atoms with Gasteiger partial charge in [-0.3, -0.25) is 0 Å². The summed E-state index contributed by atoms with van der Waals surface area (Å²) in [6.07, 6.45) is 2.28. The summed E-state index contributed by atoms with van der Waals surface area (Å²) in [5.41, 5.74) is 2.51. The molecule has 6 heteroatoms. The Morgan fingerprint density at radius 2 is 1.74 bits per heavy atom. The second-order valence-corrected chi connectivity index (χ2v) is 9.24. The molecule has 0 N–H and O–H groups in total. The molecule has 0 aliphatic rings. The molecule has 0 saturated carbocycles. The van der Waals surface area contributed by atoms with Gasteiger partial charge in [-0.15, -0.1) is 0 Å². The van der Waals surface area contributed by atoms with Gasteiger partial charge >= 0.3 is 0 Å². The van der Waals surface area contributed by atoms with E-state index < -0.39 is 9.84 Å². The zero-order chi connectivity index (χ0) is 17.3. The quantitative estimate of drug-likeness (QED) is 0.784. The highest BCUT2D eigenvalue weighted by Crippen LogP contribution is 2.23. The van der Waals surface area contributed by atoms with E-state index in [0.717, 1.165) is 16.8 Å². The topological polar surface area (TPSA) is 59.9 Å². The molecule has 0 atom stereocenters. The molecule has 0 aliphatic heterocycles. The van der Waals surface area contributed by atoms with Crippen LogP contribution in [0, 0.1) is 12.3 Å². The molecule has 0 aliphatic carbocycles. The number of hydrogen-bond acceptors (Lipinski definition) is 4. The Morgan fingerprint density at radius 3 is 2.30 bits per heavy atom. The number of benzene rings is 1. The molecule has 0 saturated heterocycles. The third-order valence-corrected chi connectivity index (χ3v) is 5.74. The Kier molecular flexibility index (Phi) is 5.11. The molecule has 1 aromatic carbocycles. The molecule has 1 heterocycles. The lowest BCUT2D eigenvalue weighted by Crippen LogP contribution is -2.20. The lowest BCUT2D eigenvalue weighted by atomic mass is 10.0. The molecule has 0 radical (unpaired) electrons. The zero-order valence-electron chi connectivity index (χ0n) is 13.8. The van der Waals surface area contributed by atoms with E-state index in [-0.39, 0.29) is 16.5 Å². The van der Waals surface area contributed by atoms with Crippen LogP contribution in [0.2, 0.25) is 5.28 Å². The molecule has 0 unspecified atom stereocenters. The van der Waals surface area contributed by atoms with E-state index in [0.29, 0.717) is 11.3 Å². The van der Waals surface area contributed by atoms with E-state index >= 15 is 0 Å². The van der Waals surface area contributed by atoms with Gasteiger partial charge in [0.1, 0.15) is 0 Å². The van der Waals surface area contributed by atoms with E-state index in [1.54, 1.807) is 18.3 Å². The molecule has 23 heavy (non-hydrogen) atoms. The molecular formula is C17H21ClN2O2S. The number of aromatic nitrogens is 2. The van der Waals surface area contributed by atoms with Gasteiger partial charge in [-0.2, -0.15) is 0 Å². The maximum Gasteiger partial charge on any atom is 0.222 e. The Hall–Kier alpha value is -1.46. The summed E-state index contributed by atoms with van der Waals surface area (Å²) in [7, 11) is -3.27. The second kappa shape index (κ2) is 6.57. The van der Waals surface area contributed by atoms with E-state index in [2.05, 4.69) is 9.97 Å². The molecule has 0 spiro atoms. The number of hydrogen-bond donors (Lipinski definition) is 0. The van der Waals surface area contributed by atoms with Gasteiger partial charge in [0.2, 0.25) is 5.28 Å². The van der Waals surface area contributed by atoms with Crippen LogP contribution in [0.15, 0.2) is 35.4 Å². The Morgan fingerprint density at radius 1 is 1.13 bits per heavy atom. The Balaban J connectivity index is 2.21. The van der Waals surface area contributed by atoms with Crippen molar-refractivity contribution in [2.75, 3.05) is 5.75 Å². The first-order chi connectivity index (χ1) is 10.6. The van der Waals surface area contributed by atoms with Crippen molar-refractivity contribution in [2.45, 2.75) is 39.0 Å². The van der Waals surface area contributed by atoms with Gasteiger partial charge in [0.25, 0.3) is 0 Å². The van der Waals surface area contributed by atoms with Crippen LogP contribution in [0.4, 0.5) is 0 Å². The predicted octanol–water partition coefficient (Wildman–Crippen LogP) is 3.85. The van der Waals surface area contributed by atoms with Crippen LogP contribution in [0.25, 0.3) is 0 Å². The lowest BCUT2D eigenvalue weighted by molar-refractivity contribution is 0.461. The van der Waals surface area contributed by atoms with E-state index in [4.69, 9.17) is 11.6 Å². The van der Waals surface area contributed by atoms with Crippen molar-refractivity contribution in [3.63, 3.8) is 0 Å². The fourth-order valence-electron chi connectivity index (χ4n) is 2.29. The first-order valence-corrected chi connectivity index (χ1v) is 9.40. The molecule has 2 aromatic rings. The summed E-state index contributed by atoms with van der Waals surface area (Å²) in [5.74, 6) is 0.125. The van der Waals surface area contributed by atoms with Crippen molar-refractivity contribution in [3.8, 4) is 0 Å². The molecule has 0 amide bonds. The monoisotopic (exact) mass is 352 g/mol. The highest BCUT2D eigenvalue weighted by Gasteiger charge is 2.23. The van der Waals surface area contributed by atoms with Crippen molar-refractivity contribution in [1.29, 1.82) is 0 Å². The maximum atomic E-state index is 12.4. The summed E-state index contributed by atoms with van der Waals surface area (Å²) in [6.45, 7) is 7.68. The van der Waals surface area contributed by atoms with Crippen LogP contribution in [0.3, 0.4) is 0 Å². The highest BCUT2D eigenvalue weighted by molar-refractivity contribution is 7.91. The summed E-state index contributed by atoms with van der Waals surface area (Å²) >= 11 is 5.83. The van der Waals surface area contributed by atoms with Crippen LogP contribution in [-0.4, -0.2) is 24.1 Å². The van der Waals surface area contributed by atoms with Crippen LogP contribution in [-0.2, 0) is 16.3 Å². The van der Waals surface area contributed by atoms with Gasteiger partial charge in [-0.25, -0.2) is 18.4 Å². The van der Waals surface area contributed by atoms with Crippen LogP contribution in [0.1, 0.15) is 37.6 Å². The number of aryl methyl sites for hydroxylation is 1. The van der Waals surface area contributed by atoms with E-state index in [1.807, 2.05) is 39.8 Å². The molecule has 0 fully saturated rings. The van der Waals surface area contributed by atoms with Crippen molar-refractivity contribution >= 4 is 21.4 Å². The second-order valence-electron chi connectivity index (χ2n) is 6.91. The minimum Gasteiger partial charge on any atom is -0.226 e. The van der Waals surface area contributed by atoms with Gasteiger partial charge in [-0.05, 0) is 47.2 Å². The molecule has 4 nitrogen and oxygen atoms in total. The number of halogens is 1. The van der Waals surface area contributed by atoms with E-state index in [9.17, 15) is 8.42 Å². The predicted molar refractivity (Wildman–Crippen MR) is 92.5 cm³/mol. The summed E-state index contributed by atoms with van der Waals surface area (Å²) in [5, 5.41) is 0.218. The Bertz CT molecular complexity index is 794. The SMILES string of the molecule is Cc1cnc(Cl)nc1Cc1ccc(S(=O)(=O)CC(C)(C)C)cc1. The van der Waals surface area contributed by atoms with Gasteiger partial charge in [-0.1, -0.05) is 32.9 Å². The van der Waals surface area contributed by atoms with Crippen molar-refractivity contribution in [3.05, 3.63) is 52.6 Å². The van der Waals surface area contributed by atoms with Gasteiger partial charge < -0.3 is 0 Å². The molecule has 124 valence electrons. The fraction of sp³-hybridized carbons (Fsp3) is 0.412. The normalized spacial score (nSPS) is 12.4. The molecule has 1 aromatic heterocycles. The van der Waals surface area contributed by atoms with Crippen molar-refractivity contribution in [2.24, 2.45) is 5.41 Å². The third-order valence-electron chi connectivity index (χ3n) is 3.32. The van der Waals surface area contributed by atoms with Gasteiger partial charge in [0.05, 0.1) is 16.3 Å². The lowest BCUT2D eigenvalue weighted by Gasteiger charge is -2.18. The van der Waals surface area contributed by atoms with Crippen LogP contribution < -0.4 is 0 Å². The molecule has 2 rings (SSSR count). The van der Waals surface area contributed by atoms with Crippen LogP contribution >= 0.6 is 11.6 Å². The summed E-state index contributed by atoms with van der Waals surface area (Å²) in [4.78, 5) is 8.52. The average molecular weight is 353 g/mol. The highest BCUT2D eigenvalue weighted by atomic mass is 35.5. The maximum absolute atomic E-state index is 12.4. The van der Waals surface area contributed by atoms with Crippen LogP contribution in [0.5, 0.6) is 0 Å². The van der Waals surface area contributed by atoms with Crippen molar-refractivity contribution in [1.82, 2.24) is 9.97 Å². The number of nitrogens with zero attached hydrogens (tertiary/aromatic N) is 2. The standard InChI is InChI=1S/C17H21ClN2O2S/c1-12-10-19-16(18)20-15(12)9-13-5-7-14(8-6-13)23(21,22)11-17(2,3)4/h5-8,10H,9,11H2,1-4H3. The number of rotatable bonds is 4. The number of sulfone groups is 1. The summed E-state index contributed by atoms with van der Waals surface area (Å²) < 4.78 is 24.8. The minimum atomic E-state index is -3.27. The van der Waals surface area contributed by atoms with Gasteiger partial charge in [0, 0.05) is 12.6 Å². The summed E-state index contributed by atoms with van der Waals surface area (Å²) in [6, 6.07) is 6.97.